The molecule has 0 aliphatic carbocycles. The third-order valence-electron chi connectivity index (χ3n) is 2.56. The summed E-state index contributed by atoms with van der Waals surface area (Å²) in [5.74, 6) is -2.50. The van der Waals surface area contributed by atoms with Gasteiger partial charge >= 0.3 is 11.9 Å². The number of allylic oxidation sites excluding steroid dienone is 1. The first-order chi connectivity index (χ1) is 7.93. The maximum absolute atomic E-state index is 11.1. The molecule has 94 valence electrons. The van der Waals surface area contributed by atoms with E-state index in [-0.39, 0.29) is 11.4 Å². The summed E-state index contributed by atoms with van der Waals surface area (Å²) in [6.45, 7) is 3.95. The Balaban J connectivity index is 3.31. The van der Waals surface area contributed by atoms with E-state index < -0.39 is 18.1 Å². The first-order valence-electron chi connectivity index (χ1n) is 5.23. The molecule has 1 rings (SSSR count). The number of carboxylic acid groups (broad SMARTS) is 2. The normalized spacial score (nSPS) is 20.2. The minimum absolute atomic E-state index is 0.0411. The number of rotatable bonds is 4. The zero-order valence-electron chi connectivity index (χ0n) is 9.67. The summed E-state index contributed by atoms with van der Waals surface area (Å²) >= 11 is 0. The average molecular weight is 241 g/mol. The molecule has 0 radical (unpaired) electrons. The Hall–Kier alpha value is -2.05. The Kier molecular flexibility index (Phi) is 3.72. The van der Waals surface area contributed by atoms with Gasteiger partial charge in [-0.05, 0) is 13.3 Å². The Morgan fingerprint density at radius 1 is 1.41 bits per heavy atom. The van der Waals surface area contributed by atoms with Gasteiger partial charge in [0.2, 0.25) is 6.17 Å². The summed E-state index contributed by atoms with van der Waals surface area (Å²) in [5, 5.41) is 18.0. The molecule has 7 nitrogen and oxygen atoms in total. The van der Waals surface area contributed by atoms with Gasteiger partial charge in [0.15, 0.2) is 5.71 Å². The van der Waals surface area contributed by atoms with Crippen molar-refractivity contribution in [3.8, 4) is 0 Å². The van der Waals surface area contributed by atoms with Gasteiger partial charge in [-0.25, -0.2) is 14.6 Å². The van der Waals surface area contributed by atoms with Gasteiger partial charge in [0.25, 0.3) is 0 Å². The zero-order valence-corrected chi connectivity index (χ0v) is 9.67. The highest BCUT2D eigenvalue weighted by Gasteiger charge is 2.34. The summed E-state index contributed by atoms with van der Waals surface area (Å²) in [7, 11) is 0. The van der Waals surface area contributed by atoms with Gasteiger partial charge in [0, 0.05) is 12.2 Å². The molecule has 0 spiro atoms. The van der Waals surface area contributed by atoms with Crippen LogP contribution in [0.4, 0.5) is 0 Å². The predicted molar refractivity (Wildman–Crippen MR) is 60.4 cm³/mol. The number of nitrogens with zero attached hydrogens (tertiary/aromatic N) is 2. The Morgan fingerprint density at radius 3 is 2.35 bits per heavy atom. The van der Waals surface area contributed by atoms with E-state index in [1.807, 2.05) is 0 Å². The molecule has 0 aromatic carbocycles. The highest BCUT2D eigenvalue weighted by Crippen LogP contribution is 2.22. The molecular formula is C10H15N3O4. The maximum atomic E-state index is 11.1. The van der Waals surface area contributed by atoms with E-state index in [2.05, 4.69) is 4.99 Å². The fraction of sp³-hybridized carbons (Fsp3) is 0.500. The molecule has 0 amide bonds. The van der Waals surface area contributed by atoms with Crippen LogP contribution < -0.4 is 5.73 Å². The fourth-order valence-corrected chi connectivity index (χ4v) is 1.82. The van der Waals surface area contributed by atoms with Crippen LogP contribution in [0.1, 0.15) is 20.3 Å². The molecule has 4 N–H and O–H groups in total. The Labute approximate surface area is 98.2 Å². The van der Waals surface area contributed by atoms with Crippen molar-refractivity contribution in [1.82, 2.24) is 4.90 Å². The van der Waals surface area contributed by atoms with E-state index in [1.54, 1.807) is 13.8 Å². The molecule has 0 bridgehead atoms. The van der Waals surface area contributed by atoms with Crippen LogP contribution in [0.25, 0.3) is 0 Å². The largest absolute Gasteiger partial charge is 0.478 e. The molecule has 1 heterocycles. The molecule has 1 aliphatic heterocycles. The van der Waals surface area contributed by atoms with E-state index in [1.165, 1.54) is 4.90 Å². The summed E-state index contributed by atoms with van der Waals surface area (Å²) in [5.41, 5.74) is 5.87. The van der Waals surface area contributed by atoms with Gasteiger partial charge in [-0.1, -0.05) is 6.92 Å². The van der Waals surface area contributed by atoms with Crippen molar-refractivity contribution in [3.63, 3.8) is 0 Å². The quantitative estimate of drug-likeness (QED) is 0.629. The number of aliphatic imine (C=N–C) groups is 1. The lowest BCUT2D eigenvalue weighted by molar-refractivity contribution is -0.142. The van der Waals surface area contributed by atoms with Crippen molar-refractivity contribution < 1.29 is 19.8 Å². The minimum Gasteiger partial charge on any atom is -0.478 e. The van der Waals surface area contributed by atoms with Crippen LogP contribution in [-0.4, -0.2) is 45.5 Å². The average Bonchev–Trinajstić information content (AvgIpc) is 2.27. The molecular weight excluding hydrogens is 226 g/mol. The molecule has 0 fully saturated rings. The first kappa shape index (κ1) is 13.0. The fourth-order valence-electron chi connectivity index (χ4n) is 1.82. The van der Waals surface area contributed by atoms with Crippen LogP contribution in [0.5, 0.6) is 0 Å². The van der Waals surface area contributed by atoms with Crippen LogP contribution in [0.15, 0.2) is 16.4 Å². The van der Waals surface area contributed by atoms with Crippen LogP contribution in [0.3, 0.4) is 0 Å². The van der Waals surface area contributed by atoms with Gasteiger partial charge in [-0.2, -0.15) is 0 Å². The minimum atomic E-state index is -1.31. The van der Waals surface area contributed by atoms with Gasteiger partial charge in [0.05, 0.1) is 5.70 Å². The van der Waals surface area contributed by atoms with E-state index in [0.717, 1.165) is 0 Å². The smallest absolute Gasteiger partial charge is 0.356 e. The molecule has 1 unspecified atom stereocenters. The predicted octanol–water partition coefficient (Wildman–Crippen LogP) is -0.161. The summed E-state index contributed by atoms with van der Waals surface area (Å²) in [6.07, 6.45) is -0.760. The number of likely N-dealkylation sites (N-methyl/N-ethyl adjacent to an activating group) is 1. The lowest BCUT2D eigenvalue weighted by atomic mass is 10.1. The summed E-state index contributed by atoms with van der Waals surface area (Å²) in [6, 6.07) is 0. The van der Waals surface area contributed by atoms with Crippen LogP contribution in [-0.2, 0) is 9.59 Å². The van der Waals surface area contributed by atoms with Crippen molar-refractivity contribution in [3.05, 3.63) is 11.4 Å². The molecule has 17 heavy (non-hydrogen) atoms. The van der Waals surface area contributed by atoms with Crippen molar-refractivity contribution in [2.45, 2.75) is 26.4 Å². The van der Waals surface area contributed by atoms with Crippen molar-refractivity contribution in [2.75, 3.05) is 6.54 Å². The highest BCUT2D eigenvalue weighted by molar-refractivity contribution is 6.42. The van der Waals surface area contributed by atoms with Gasteiger partial charge < -0.3 is 20.8 Å². The molecule has 0 saturated carbocycles. The number of hydrogen-bond donors (Lipinski definition) is 3. The Morgan fingerprint density at radius 2 is 2.00 bits per heavy atom. The first-order valence-corrected chi connectivity index (χ1v) is 5.23. The van der Waals surface area contributed by atoms with Crippen LogP contribution in [0, 0.1) is 0 Å². The monoisotopic (exact) mass is 241 g/mol. The standard InChI is InChI=1S/C10H15N3O4/c1-3-5-6(11)7(9(14)15)12-8(10(16)17)13(5)4-2/h8H,3-4,11H2,1-2H3,(H,14,15)(H,16,17). The lowest BCUT2D eigenvalue weighted by Gasteiger charge is -2.33. The second-order valence-corrected chi connectivity index (χ2v) is 3.49. The maximum Gasteiger partial charge on any atom is 0.356 e. The van der Waals surface area contributed by atoms with Gasteiger partial charge in [-0.15, -0.1) is 0 Å². The van der Waals surface area contributed by atoms with E-state index in [0.29, 0.717) is 18.7 Å². The zero-order chi connectivity index (χ0) is 13.2. The van der Waals surface area contributed by atoms with Crippen molar-refractivity contribution in [2.24, 2.45) is 10.7 Å². The molecule has 7 heteroatoms. The van der Waals surface area contributed by atoms with Crippen LogP contribution in [0.2, 0.25) is 0 Å². The van der Waals surface area contributed by atoms with Gasteiger partial charge in [0.1, 0.15) is 0 Å². The molecule has 0 aromatic heterocycles. The van der Waals surface area contributed by atoms with E-state index in [4.69, 9.17) is 15.9 Å². The Bertz CT molecular complexity index is 414. The molecule has 1 aliphatic rings. The second kappa shape index (κ2) is 4.86. The van der Waals surface area contributed by atoms with Crippen LogP contribution >= 0.6 is 0 Å². The third kappa shape index (κ3) is 2.22. The second-order valence-electron chi connectivity index (χ2n) is 3.49. The topological polar surface area (TPSA) is 116 Å². The molecule has 1 atom stereocenters. The summed E-state index contributed by atoms with van der Waals surface area (Å²) in [4.78, 5) is 27.2. The van der Waals surface area contributed by atoms with Gasteiger partial charge in [-0.3, -0.25) is 0 Å². The SMILES string of the molecule is CCC1=C(N)C(C(=O)O)=NC(C(=O)O)N1CC. The third-order valence-corrected chi connectivity index (χ3v) is 2.56. The molecule has 0 saturated heterocycles. The van der Waals surface area contributed by atoms with Crippen molar-refractivity contribution >= 4 is 17.7 Å². The van der Waals surface area contributed by atoms with E-state index in [9.17, 15) is 9.59 Å². The number of carbonyl (C=O) groups is 2. The lowest BCUT2D eigenvalue weighted by Crippen LogP contribution is -2.46. The van der Waals surface area contributed by atoms with E-state index >= 15 is 0 Å². The molecule has 0 aromatic rings. The number of nitrogens with two attached hydrogens (primary N) is 1. The van der Waals surface area contributed by atoms with Crippen molar-refractivity contribution in [1.29, 1.82) is 0 Å². The summed E-state index contributed by atoms with van der Waals surface area (Å²) < 4.78 is 0. The highest BCUT2D eigenvalue weighted by atomic mass is 16.4. The number of hydrogen-bond acceptors (Lipinski definition) is 5. The number of carboxylic acids is 2. The number of aliphatic carboxylic acids is 2.